The lowest BCUT2D eigenvalue weighted by Crippen LogP contribution is -2.22. The highest BCUT2D eigenvalue weighted by molar-refractivity contribution is 7.91. The van der Waals surface area contributed by atoms with Crippen molar-refractivity contribution in [3.05, 3.63) is 47.7 Å². The van der Waals surface area contributed by atoms with Gasteiger partial charge in [0.2, 0.25) is 16.8 Å². The number of thiophene rings is 1. The molecule has 4 rings (SSSR count). The van der Waals surface area contributed by atoms with Gasteiger partial charge in [0.25, 0.3) is 0 Å². The lowest BCUT2D eigenvalue weighted by Gasteiger charge is -2.05. The third kappa shape index (κ3) is 3.59. The van der Waals surface area contributed by atoms with E-state index >= 15 is 0 Å². The molecule has 0 bridgehead atoms. The maximum atomic E-state index is 12.6. The van der Waals surface area contributed by atoms with E-state index in [1.807, 2.05) is 0 Å². The molecule has 1 aromatic carbocycles. The number of nitrogens with one attached hydrogen (secondary N) is 1. The molecule has 146 valence electrons. The number of esters is 1. The van der Waals surface area contributed by atoms with Gasteiger partial charge in [-0.1, -0.05) is 11.2 Å². The normalized spacial score (nSPS) is 12.9. The summed E-state index contributed by atoms with van der Waals surface area (Å²) in [4.78, 5) is 12.0. The summed E-state index contributed by atoms with van der Waals surface area (Å²) in [6.45, 7) is 0.253. The summed E-state index contributed by atoms with van der Waals surface area (Å²) in [6.07, 6.45) is 0. The Balaban J connectivity index is 1.48. The van der Waals surface area contributed by atoms with Gasteiger partial charge in [-0.3, -0.25) is 0 Å². The van der Waals surface area contributed by atoms with Gasteiger partial charge < -0.3 is 18.7 Å². The molecule has 3 heterocycles. The zero-order chi connectivity index (χ0) is 19.7. The number of rotatable bonds is 6. The molecule has 0 fully saturated rings. The van der Waals surface area contributed by atoms with E-state index in [-0.39, 0.29) is 29.0 Å². The second-order valence-corrected chi connectivity index (χ2v) is 8.78. The van der Waals surface area contributed by atoms with E-state index in [4.69, 9.17) is 14.0 Å². The van der Waals surface area contributed by atoms with Crippen molar-refractivity contribution in [1.29, 1.82) is 0 Å². The smallest absolute Gasteiger partial charge is 0.360 e. The van der Waals surface area contributed by atoms with E-state index in [9.17, 15) is 13.2 Å². The van der Waals surface area contributed by atoms with Gasteiger partial charge in [-0.2, -0.15) is 0 Å². The van der Waals surface area contributed by atoms with Crippen molar-refractivity contribution in [2.45, 2.75) is 10.8 Å². The van der Waals surface area contributed by atoms with Crippen LogP contribution in [-0.4, -0.2) is 33.4 Å². The number of benzene rings is 1. The van der Waals surface area contributed by atoms with Crippen molar-refractivity contribution in [3.8, 4) is 22.1 Å². The Hall–Kier alpha value is -2.89. The Morgan fingerprint density at radius 2 is 2.04 bits per heavy atom. The van der Waals surface area contributed by atoms with Crippen LogP contribution in [0.4, 0.5) is 0 Å². The second-order valence-electron chi connectivity index (χ2n) is 5.70. The molecule has 3 aromatic rings. The van der Waals surface area contributed by atoms with Gasteiger partial charge in [0.05, 0.1) is 12.0 Å². The molecular weight excluding hydrogens is 408 g/mol. The molecule has 9 nitrogen and oxygen atoms in total. The maximum absolute atomic E-state index is 12.6. The van der Waals surface area contributed by atoms with Gasteiger partial charge in [-0.15, -0.1) is 11.3 Å². The molecule has 28 heavy (non-hydrogen) atoms. The second kappa shape index (κ2) is 7.26. The zero-order valence-corrected chi connectivity index (χ0v) is 16.1. The number of methoxy groups -OCH3 is 1. The van der Waals surface area contributed by atoms with Crippen molar-refractivity contribution in [3.63, 3.8) is 0 Å². The number of hydrogen-bond acceptors (Lipinski definition) is 9. The Kier molecular flexibility index (Phi) is 4.79. The number of nitrogens with zero attached hydrogens (tertiary/aromatic N) is 1. The molecule has 0 atom stereocenters. The van der Waals surface area contributed by atoms with Gasteiger partial charge >= 0.3 is 5.97 Å². The van der Waals surface area contributed by atoms with Crippen LogP contribution in [0.25, 0.3) is 10.6 Å². The number of sulfonamides is 1. The molecule has 1 aliphatic heterocycles. The zero-order valence-electron chi connectivity index (χ0n) is 14.5. The number of aromatic nitrogens is 1. The van der Waals surface area contributed by atoms with Crippen molar-refractivity contribution >= 4 is 27.3 Å². The standard InChI is InChI=1S/C17H14N2O7S2/c1-23-17(20)11-7-14(26-19-11)15-4-5-16(27-15)28(21,22)18-8-10-2-3-12-13(6-10)25-9-24-12/h2-7,18H,8-9H2,1H3. The lowest BCUT2D eigenvalue weighted by molar-refractivity contribution is 0.0589. The highest BCUT2D eigenvalue weighted by Crippen LogP contribution is 2.33. The average molecular weight is 422 g/mol. The maximum Gasteiger partial charge on any atom is 0.360 e. The first-order chi connectivity index (χ1) is 13.5. The minimum absolute atomic E-state index is 0.0104. The minimum atomic E-state index is -3.73. The third-order valence-corrected chi connectivity index (χ3v) is 6.89. The van der Waals surface area contributed by atoms with Crippen molar-refractivity contribution < 1.29 is 31.9 Å². The molecule has 0 spiro atoms. The lowest BCUT2D eigenvalue weighted by atomic mass is 10.2. The SMILES string of the molecule is COC(=O)c1cc(-c2ccc(S(=O)(=O)NCc3ccc4c(c3)OCO4)s2)on1. The van der Waals surface area contributed by atoms with Gasteiger partial charge in [0.1, 0.15) is 4.21 Å². The molecule has 0 aliphatic carbocycles. The van der Waals surface area contributed by atoms with Crippen LogP contribution in [0.5, 0.6) is 11.5 Å². The van der Waals surface area contributed by atoms with Crippen LogP contribution in [0, 0.1) is 0 Å². The van der Waals surface area contributed by atoms with Crippen LogP contribution in [0.15, 0.2) is 45.1 Å². The Morgan fingerprint density at radius 3 is 2.86 bits per heavy atom. The van der Waals surface area contributed by atoms with E-state index in [2.05, 4.69) is 14.6 Å². The summed E-state index contributed by atoms with van der Waals surface area (Å²) in [5, 5.41) is 3.61. The molecular formula is C17H14N2O7S2. The van der Waals surface area contributed by atoms with Crippen LogP contribution < -0.4 is 14.2 Å². The Bertz CT molecular complexity index is 1130. The van der Waals surface area contributed by atoms with Crippen LogP contribution in [0.1, 0.15) is 16.1 Å². The quantitative estimate of drug-likeness (QED) is 0.602. The molecule has 0 unspecified atom stereocenters. The number of fused-ring (bicyclic) bond motifs is 1. The summed E-state index contributed by atoms with van der Waals surface area (Å²) in [7, 11) is -2.50. The van der Waals surface area contributed by atoms with E-state index in [1.165, 1.54) is 19.2 Å². The largest absolute Gasteiger partial charge is 0.464 e. The first-order valence-electron chi connectivity index (χ1n) is 8.00. The van der Waals surface area contributed by atoms with Gasteiger partial charge in [0, 0.05) is 12.6 Å². The van der Waals surface area contributed by atoms with Crippen molar-refractivity contribution in [1.82, 2.24) is 9.88 Å². The molecule has 0 radical (unpaired) electrons. The van der Waals surface area contributed by atoms with Crippen LogP contribution >= 0.6 is 11.3 Å². The van der Waals surface area contributed by atoms with Gasteiger partial charge in [-0.25, -0.2) is 17.9 Å². The molecule has 0 saturated carbocycles. The fourth-order valence-electron chi connectivity index (χ4n) is 2.49. The Labute approximate surface area is 163 Å². The van der Waals surface area contributed by atoms with Crippen LogP contribution in [-0.2, 0) is 21.3 Å². The van der Waals surface area contributed by atoms with Gasteiger partial charge in [-0.05, 0) is 29.8 Å². The number of ether oxygens (including phenoxy) is 3. The first kappa shape index (κ1) is 18.5. The van der Waals surface area contributed by atoms with Gasteiger partial charge in [0.15, 0.2) is 23.0 Å². The first-order valence-corrected chi connectivity index (χ1v) is 10.3. The summed E-state index contributed by atoms with van der Waals surface area (Å²) in [6, 6.07) is 9.67. The van der Waals surface area contributed by atoms with E-state index in [0.717, 1.165) is 16.9 Å². The van der Waals surface area contributed by atoms with Crippen LogP contribution in [0.3, 0.4) is 0 Å². The minimum Gasteiger partial charge on any atom is -0.464 e. The summed E-state index contributed by atoms with van der Waals surface area (Å²) >= 11 is 1.000. The monoisotopic (exact) mass is 422 g/mol. The fourth-order valence-corrected chi connectivity index (χ4v) is 4.81. The predicted octanol–water partition coefficient (Wildman–Crippen LogP) is 2.40. The van der Waals surface area contributed by atoms with Crippen molar-refractivity contribution in [2.75, 3.05) is 13.9 Å². The van der Waals surface area contributed by atoms with E-state index in [0.29, 0.717) is 16.4 Å². The third-order valence-electron chi connectivity index (χ3n) is 3.90. The number of hydrogen-bond donors (Lipinski definition) is 1. The van der Waals surface area contributed by atoms with E-state index in [1.54, 1.807) is 24.3 Å². The number of carbonyl (C=O) groups is 1. The Morgan fingerprint density at radius 1 is 1.21 bits per heavy atom. The fraction of sp³-hybridized carbons (Fsp3) is 0.176. The van der Waals surface area contributed by atoms with Crippen LogP contribution in [0.2, 0.25) is 0 Å². The summed E-state index contributed by atoms with van der Waals surface area (Å²) in [5.41, 5.74) is 0.749. The average Bonchev–Trinajstić information content (AvgIpc) is 3.45. The van der Waals surface area contributed by atoms with E-state index < -0.39 is 16.0 Å². The molecule has 0 amide bonds. The molecule has 1 aliphatic rings. The molecule has 11 heteroatoms. The topological polar surface area (TPSA) is 117 Å². The molecule has 1 N–H and O–H groups in total. The highest BCUT2D eigenvalue weighted by atomic mass is 32.2. The number of carbonyl (C=O) groups excluding carboxylic acids is 1. The molecule has 2 aromatic heterocycles. The highest BCUT2D eigenvalue weighted by Gasteiger charge is 2.21. The summed E-state index contributed by atoms with van der Waals surface area (Å²) < 4.78 is 48.0. The predicted molar refractivity (Wildman–Crippen MR) is 97.7 cm³/mol. The van der Waals surface area contributed by atoms with Crippen molar-refractivity contribution in [2.24, 2.45) is 0 Å². The molecule has 0 saturated heterocycles. The summed E-state index contributed by atoms with van der Waals surface area (Å²) in [5.74, 6) is 0.863.